The summed E-state index contributed by atoms with van der Waals surface area (Å²) < 4.78 is 2.02. The van der Waals surface area contributed by atoms with Gasteiger partial charge in [0.25, 0.3) is 0 Å². The smallest absolute Gasteiger partial charge is 0.222 e. The topological polar surface area (TPSA) is 59.8 Å². The molecule has 0 aromatic carbocycles. The average molecular weight is 361 g/mol. The van der Waals surface area contributed by atoms with Crippen LogP contribution in [-0.2, 0) is 11.2 Å². The van der Waals surface area contributed by atoms with Crippen molar-refractivity contribution in [1.82, 2.24) is 19.9 Å². The maximum Gasteiger partial charge on any atom is 0.222 e. The highest BCUT2D eigenvalue weighted by Crippen LogP contribution is 2.23. The zero-order valence-corrected chi connectivity index (χ0v) is 15.3. The van der Waals surface area contributed by atoms with Crippen LogP contribution in [0.15, 0.2) is 40.8 Å². The molecule has 24 heavy (non-hydrogen) atoms. The number of thiophene rings is 1. The predicted molar refractivity (Wildman–Crippen MR) is 97.3 cm³/mol. The summed E-state index contributed by atoms with van der Waals surface area (Å²) in [5.41, 5.74) is 1.22. The number of amides is 1. The van der Waals surface area contributed by atoms with Crippen LogP contribution >= 0.6 is 22.7 Å². The molecule has 126 valence electrons. The lowest BCUT2D eigenvalue weighted by Gasteiger charge is -2.19. The standard InChI is InChI=1S/C17H20N4OS2/c1-12(21-6-4-18-13(21)2)9-16(22)20-15(17-19-5-8-24-17)10-14-3-7-23-11-14/h3-8,11-12,15H,9-10H2,1-2H3,(H,20,22). The zero-order valence-electron chi connectivity index (χ0n) is 13.7. The van der Waals surface area contributed by atoms with E-state index in [1.807, 2.05) is 30.0 Å². The van der Waals surface area contributed by atoms with Crippen LogP contribution in [0.2, 0.25) is 0 Å². The molecule has 5 nitrogen and oxygen atoms in total. The Hall–Kier alpha value is -1.99. The summed E-state index contributed by atoms with van der Waals surface area (Å²) in [7, 11) is 0. The summed E-state index contributed by atoms with van der Waals surface area (Å²) >= 11 is 3.24. The van der Waals surface area contributed by atoms with Gasteiger partial charge in [-0.2, -0.15) is 11.3 Å². The predicted octanol–water partition coefficient (Wildman–Crippen LogP) is 3.76. The van der Waals surface area contributed by atoms with E-state index in [-0.39, 0.29) is 18.0 Å². The molecule has 3 rings (SSSR count). The Bertz CT molecular complexity index is 764. The SMILES string of the molecule is Cc1nccn1C(C)CC(=O)NC(Cc1ccsc1)c1nccs1. The minimum atomic E-state index is -0.0804. The number of carbonyl (C=O) groups excluding carboxylic acids is 1. The molecule has 0 radical (unpaired) electrons. The number of nitrogens with one attached hydrogen (secondary N) is 1. The van der Waals surface area contributed by atoms with Crippen molar-refractivity contribution in [1.29, 1.82) is 0 Å². The fraction of sp³-hybridized carbons (Fsp3) is 0.353. The van der Waals surface area contributed by atoms with Gasteiger partial charge in [0.2, 0.25) is 5.91 Å². The van der Waals surface area contributed by atoms with Crippen LogP contribution in [0.25, 0.3) is 0 Å². The van der Waals surface area contributed by atoms with Gasteiger partial charge in [0.05, 0.1) is 6.04 Å². The normalized spacial score (nSPS) is 13.6. The number of aryl methyl sites for hydroxylation is 1. The van der Waals surface area contributed by atoms with Gasteiger partial charge < -0.3 is 9.88 Å². The van der Waals surface area contributed by atoms with Crippen LogP contribution in [0.4, 0.5) is 0 Å². The number of imidazole rings is 1. The third-order valence-corrected chi connectivity index (χ3v) is 5.54. The van der Waals surface area contributed by atoms with E-state index in [2.05, 4.69) is 32.1 Å². The molecule has 2 unspecified atom stereocenters. The van der Waals surface area contributed by atoms with E-state index >= 15 is 0 Å². The molecule has 3 aromatic heterocycles. The van der Waals surface area contributed by atoms with Gasteiger partial charge in [-0.15, -0.1) is 11.3 Å². The average Bonchev–Trinajstić information content (AvgIpc) is 3.29. The molecule has 0 bridgehead atoms. The Morgan fingerprint density at radius 1 is 1.33 bits per heavy atom. The summed E-state index contributed by atoms with van der Waals surface area (Å²) in [6.07, 6.45) is 6.64. The van der Waals surface area contributed by atoms with Crippen molar-refractivity contribution in [2.75, 3.05) is 0 Å². The fourth-order valence-electron chi connectivity index (χ4n) is 2.72. The monoisotopic (exact) mass is 360 g/mol. The number of aromatic nitrogens is 3. The maximum absolute atomic E-state index is 12.5. The van der Waals surface area contributed by atoms with Gasteiger partial charge >= 0.3 is 0 Å². The number of nitrogens with zero attached hydrogens (tertiary/aromatic N) is 3. The van der Waals surface area contributed by atoms with Crippen molar-refractivity contribution in [2.45, 2.75) is 38.8 Å². The largest absolute Gasteiger partial charge is 0.346 e. The lowest BCUT2D eigenvalue weighted by molar-refractivity contribution is -0.122. The molecule has 0 spiro atoms. The second-order valence-electron chi connectivity index (χ2n) is 5.76. The van der Waals surface area contributed by atoms with E-state index in [9.17, 15) is 4.79 Å². The van der Waals surface area contributed by atoms with Crippen molar-refractivity contribution in [2.24, 2.45) is 0 Å². The molecule has 3 heterocycles. The summed E-state index contributed by atoms with van der Waals surface area (Å²) in [5, 5.41) is 10.2. The first-order chi connectivity index (χ1) is 11.6. The molecule has 0 fully saturated rings. The summed E-state index contributed by atoms with van der Waals surface area (Å²) in [4.78, 5) is 21.1. The highest BCUT2D eigenvalue weighted by molar-refractivity contribution is 7.09. The molecule has 0 saturated heterocycles. The van der Waals surface area contributed by atoms with Crippen molar-refractivity contribution >= 4 is 28.6 Å². The van der Waals surface area contributed by atoms with E-state index in [1.54, 1.807) is 35.1 Å². The number of hydrogen-bond donors (Lipinski definition) is 1. The Balaban J connectivity index is 1.66. The van der Waals surface area contributed by atoms with Crippen molar-refractivity contribution in [3.05, 3.63) is 57.2 Å². The van der Waals surface area contributed by atoms with E-state index in [0.717, 1.165) is 17.3 Å². The van der Waals surface area contributed by atoms with Crippen molar-refractivity contribution in [3.8, 4) is 0 Å². The van der Waals surface area contributed by atoms with Crippen LogP contribution in [0.5, 0.6) is 0 Å². The lowest BCUT2D eigenvalue weighted by Crippen LogP contribution is -2.31. The first-order valence-corrected chi connectivity index (χ1v) is 9.65. The van der Waals surface area contributed by atoms with E-state index in [4.69, 9.17) is 0 Å². The molecular formula is C17H20N4OS2. The Morgan fingerprint density at radius 2 is 2.21 bits per heavy atom. The van der Waals surface area contributed by atoms with E-state index in [0.29, 0.717) is 6.42 Å². The first kappa shape index (κ1) is 16.9. The van der Waals surface area contributed by atoms with Crippen molar-refractivity contribution in [3.63, 3.8) is 0 Å². The molecule has 0 saturated carbocycles. The minimum Gasteiger partial charge on any atom is -0.346 e. The first-order valence-electron chi connectivity index (χ1n) is 7.82. The zero-order chi connectivity index (χ0) is 16.9. The van der Waals surface area contributed by atoms with Gasteiger partial charge in [-0.3, -0.25) is 4.79 Å². The number of thiazole rings is 1. The molecule has 7 heteroatoms. The van der Waals surface area contributed by atoms with Crippen LogP contribution in [0.3, 0.4) is 0 Å². The van der Waals surface area contributed by atoms with Crippen LogP contribution < -0.4 is 5.32 Å². The Labute approximate surface area is 149 Å². The molecule has 2 atom stereocenters. The minimum absolute atomic E-state index is 0.0334. The molecule has 0 aliphatic carbocycles. The van der Waals surface area contributed by atoms with Gasteiger partial charge in [0.15, 0.2) is 0 Å². The molecule has 0 aliphatic rings. The Kier molecular flexibility index (Phi) is 5.42. The van der Waals surface area contributed by atoms with Crippen LogP contribution in [0, 0.1) is 6.92 Å². The van der Waals surface area contributed by atoms with E-state index in [1.165, 1.54) is 5.56 Å². The van der Waals surface area contributed by atoms with Gasteiger partial charge in [-0.1, -0.05) is 0 Å². The second-order valence-corrected chi connectivity index (χ2v) is 7.47. The summed E-state index contributed by atoms with van der Waals surface area (Å²) in [5.74, 6) is 0.955. The summed E-state index contributed by atoms with van der Waals surface area (Å²) in [6.45, 7) is 3.98. The summed E-state index contributed by atoms with van der Waals surface area (Å²) in [6, 6.07) is 2.09. The van der Waals surface area contributed by atoms with Crippen molar-refractivity contribution < 1.29 is 4.79 Å². The second kappa shape index (κ2) is 7.72. The fourth-order valence-corrected chi connectivity index (χ4v) is 4.10. The number of carbonyl (C=O) groups is 1. The van der Waals surface area contributed by atoms with Crippen LogP contribution in [0.1, 0.15) is 41.8 Å². The third-order valence-electron chi connectivity index (χ3n) is 3.92. The quantitative estimate of drug-likeness (QED) is 0.698. The van der Waals surface area contributed by atoms with Gasteiger partial charge in [0, 0.05) is 42.9 Å². The van der Waals surface area contributed by atoms with Gasteiger partial charge in [-0.25, -0.2) is 9.97 Å². The number of hydrogen-bond acceptors (Lipinski definition) is 5. The maximum atomic E-state index is 12.5. The Morgan fingerprint density at radius 3 is 2.83 bits per heavy atom. The molecule has 1 N–H and O–H groups in total. The van der Waals surface area contributed by atoms with Gasteiger partial charge in [0.1, 0.15) is 10.8 Å². The van der Waals surface area contributed by atoms with Gasteiger partial charge in [-0.05, 0) is 36.2 Å². The highest BCUT2D eigenvalue weighted by atomic mass is 32.1. The molecular weight excluding hydrogens is 340 g/mol. The third kappa shape index (κ3) is 4.10. The molecule has 3 aromatic rings. The molecule has 1 amide bonds. The molecule has 0 aliphatic heterocycles. The highest BCUT2D eigenvalue weighted by Gasteiger charge is 2.20. The van der Waals surface area contributed by atoms with E-state index < -0.39 is 0 Å². The van der Waals surface area contributed by atoms with Crippen LogP contribution in [-0.4, -0.2) is 20.4 Å². The lowest BCUT2D eigenvalue weighted by atomic mass is 10.1. The number of rotatable bonds is 7.